The summed E-state index contributed by atoms with van der Waals surface area (Å²) in [5.74, 6) is 1.20. The Hall–Kier alpha value is -1.57. The van der Waals surface area contributed by atoms with Crippen molar-refractivity contribution in [3.05, 3.63) is 41.7 Å². The minimum Gasteiger partial charge on any atom is -0.469 e. The number of hydrogen-bond acceptors (Lipinski definition) is 5. The summed E-state index contributed by atoms with van der Waals surface area (Å²) in [5.41, 5.74) is 0. The van der Waals surface area contributed by atoms with Gasteiger partial charge in [-0.1, -0.05) is 0 Å². The summed E-state index contributed by atoms with van der Waals surface area (Å²) in [6.07, 6.45) is 2.01. The maximum absolute atomic E-state index is 12.0. The minimum absolute atomic E-state index is 0.0518. The molecule has 0 spiro atoms. The molecule has 0 aliphatic carbocycles. The van der Waals surface area contributed by atoms with Crippen LogP contribution >= 0.6 is 0 Å². The van der Waals surface area contributed by atoms with Crippen molar-refractivity contribution >= 4 is 10.0 Å². The molecule has 0 atom stereocenters. The molecule has 0 saturated carbocycles. The highest BCUT2D eigenvalue weighted by Crippen LogP contribution is 2.19. The molecule has 0 bridgehead atoms. The van der Waals surface area contributed by atoms with E-state index < -0.39 is 10.0 Å². The van der Waals surface area contributed by atoms with Crippen LogP contribution in [0.4, 0.5) is 0 Å². The maximum atomic E-state index is 12.0. The largest absolute Gasteiger partial charge is 0.469 e. The van der Waals surface area contributed by atoms with Crippen LogP contribution < -0.4 is 4.72 Å². The lowest BCUT2D eigenvalue weighted by molar-refractivity contribution is 0.244. The molecule has 0 unspecified atom stereocenters. The van der Waals surface area contributed by atoms with Crippen LogP contribution in [0.25, 0.3) is 0 Å². The number of aliphatic hydroxyl groups excluding tert-OH is 1. The van der Waals surface area contributed by atoms with E-state index in [1.165, 1.54) is 12.3 Å². The van der Waals surface area contributed by atoms with Crippen molar-refractivity contribution in [1.82, 2.24) is 4.72 Å². The van der Waals surface area contributed by atoms with Gasteiger partial charge >= 0.3 is 0 Å². The van der Waals surface area contributed by atoms with Gasteiger partial charge < -0.3 is 13.9 Å². The smallest absolute Gasteiger partial charge is 0.244 e. The summed E-state index contributed by atoms with van der Waals surface area (Å²) in [6.45, 7) is 1.44. The topological polar surface area (TPSA) is 92.7 Å². The predicted molar refractivity (Wildman–Crippen MR) is 67.0 cm³/mol. The van der Waals surface area contributed by atoms with Crippen molar-refractivity contribution in [2.45, 2.75) is 24.8 Å². The molecule has 2 heterocycles. The standard InChI is InChI=1S/C12H15NO5S/c1-9-12(7-11(8-14)18-9)19(15,16)13-5-4-10-3-2-6-17-10/h2-3,6-7,13-14H,4-5,8H2,1H3. The van der Waals surface area contributed by atoms with Gasteiger partial charge in [0.15, 0.2) is 0 Å². The third-order valence-corrected chi connectivity index (χ3v) is 4.18. The number of hydrogen-bond donors (Lipinski definition) is 2. The number of sulfonamides is 1. The highest BCUT2D eigenvalue weighted by atomic mass is 32.2. The van der Waals surface area contributed by atoms with Crippen molar-refractivity contribution in [3.63, 3.8) is 0 Å². The zero-order valence-corrected chi connectivity index (χ0v) is 11.2. The number of furan rings is 2. The molecule has 0 radical (unpaired) electrons. The fourth-order valence-electron chi connectivity index (χ4n) is 1.71. The Kier molecular flexibility index (Phi) is 4.08. The summed E-state index contributed by atoms with van der Waals surface area (Å²) in [7, 11) is -3.63. The van der Waals surface area contributed by atoms with Crippen LogP contribution in [-0.4, -0.2) is 20.1 Å². The van der Waals surface area contributed by atoms with Crippen LogP contribution in [0, 0.1) is 6.92 Å². The number of rotatable bonds is 6. The van der Waals surface area contributed by atoms with E-state index in [2.05, 4.69) is 4.72 Å². The number of nitrogens with one attached hydrogen (secondary N) is 1. The van der Waals surface area contributed by atoms with Gasteiger partial charge in [-0.25, -0.2) is 13.1 Å². The van der Waals surface area contributed by atoms with Gasteiger partial charge in [0, 0.05) is 19.0 Å². The lowest BCUT2D eigenvalue weighted by atomic mass is 10.3. The van der Waals surface area contributed by atoms with Crippen molar-refractivity contribution in [3.8, 4) is 0 Å². The second-order valence-electron chi connectivity index (χ2n) is 4.02. The second kappa shape index (κ2) is 5.60. The Morgan fingerprint density at radius 1 is 1.37 bits per heavy atom. The third-order valence-electron chi connectivity index (χ3n) is 2.61. The van der Waals surface area contributed by atoms with E-state index in [1.807, 2.05) is 0 Å². The number of aliphatic hydroxyl groups is 1. The first-order chi connectivity index (χ1) is 9.03. The van der Waals surface area contributed by atoms with Crippen LogP contribution in [0.2, 0.25) is 0 Å². The summed E-state index contributed by atoms with van der Waals surface area (Å²) in [6, 6.07) is 4.85. The van der Waals surface area contributed by atoms with Gasteiger partial charge in [0.25, 0.3) is 0 Å². The summed E-state index contributed by atoms with van der Waals surface area (Å²) < 4.78 is 36.7. The fourth-order valence-corrected chi connectivity index (χ4v) is 2.94. The van der Waals surface area contributed by atoms with Gasteiger partial charge in [0.2, 0.25) is 10.0 Å². The summed E-state index contributed by atoms with van der Waals surface area (Å²) in [4.78, 5) is 0.0518. The molecule has 2 aromatic heterocycles. The molecule has 2 N–H and O–H groups in total. The van der Waals surface area contributed by atoms with E-state index in [1.54, 1.807) is 19.1 Å². The van der Waals surface area contributed by atoms with Gasteiger partial charge in [-0.15, -0.1) is 0 Å². The SMILES string of the molecule is Cc1oc(CO)cc1S(=O)(=O)NCCc1ccco1. The zero-order valence-electron chi connectivity index (χ0n) is 10.4. The third kappa shape index (κ3) is 3.25. The van der Waals surface area contributed by atoms with Crippen molar-refractivity contribution in [2.24, 2.45) is 0 Å². The average Bonchev–Trinajstić information content (AvgIpc) is 2.98. The molecular formula is C12H15NO5S. The van der Waals surface area contributed by atoms with Crippen LogP contribution in [0.15, 0.2) is 38.2 Å². The first-order valence-corrected chi connectivity index (χ1v) is 7.23. The quantitative estimate of drug-likeness (QED) is 0.831. The van der Waals surface area contributed by atoms with Gasteiger partial charge in [0.05, 0.1) is 6.26 Å². The minimum atomic E-state index is -3.63. The Morgan fingerprint density at radius 2 is 2.16 bits per heavy atom. The first-order valence-electron chi connectivity index (χ1n) is 5.75. The molecule has 0 fully saturated rings. The lowest BCUT2D eigenvalue weighted by Crippen LogP contribution is -2.26. The molecule has 2 aromatic rings. The zero-order chi connectivity index (χ0) is 13.9. The Bertz CT molecular complexity index is 627. The lowest BCUT2D eigenvalue weighted by Gasteiger charge is -2.04. The number of aryl methyl sites for hydroxylation is 1. The molecule has 0 saturated heterocycles. The molecule has 104 valence electrons. The Labute approximate surface area is 111 Å². The molecule has 19 heavy (non-hydrogen) atoms. The maximum Gasteiger partial charge on any atom is 0.244 e. The van der Waals surface area contributed by atoms with Gasteiger partial charge in [-0.3, -0.25) is 0 Å². The summed E-state index contributed by atoms with van der Waals surface area (Å²) >= 11 is 0. The van der Waals surface area contributed by atoms with Crippen molar-refractivity contribution in [2.75, 3.05) is 6.54 Å². The monoisotopic (exact) mass is 285 g/mol. The van der Waals surface area contributed by atoms with E-state index in [-0.39, 0.29) is 29.6 Å². The van der Waals surface area contributed by atoms with E-state index in [0.29, 0.717) is 12.2 Å². The van der Waals surface area contributed by atoms with E-state index in [4.69, 9.17) is 13.9 Å². The van der Waals surface area contributed by atoms with E-state index in [0.717, 1.165) is 0 Å². The molecule has 0 amide bonds. The van der Waals surface area contributed by atoms with Crippen molar-refractivity contribution < 1.29 is 22.4 Å². The van der Waals surface area contributed by atoms with Crippen LogP contribution in [0.5, 0.6) is 0 Å². The average molecular weight is 285 g/mol. The van der Waals surface area contributed by atoms with Gasteiger partial charge in [0.1, 0.15) is 28.8 Å². The molecule has 0 aromatic carbocycles. The van der Waals surface area contributed by atoms with Crippen LogP contribution in [0.1, 0.15) is 17.3 Å². The fraction of sp³-hybridized carbons (Fsp3) is 0.333. The first kappa shape index (κ1) is 13.9. The second-order valence-corrected chi connectivity index (χ2v) is 5.75. The molecule has 0 aliphatic rings. The molecular weight excluding hydrogens is 270 g/mol. The molecule has 6 nitrogen and oxygen atoms in total. The molecule has 2 rings (SSSR count). The highest BCUT2D eigenvalue weighted by Gasteiger charge is 2.20. The van der Waals surface area contributed by atoms with Crippen LogP contribution in [0.3, 0.4) is 0 Å². The molecule has 0 aliphatic heterocycles. The van der Waals surface area contributed by atoms with Crippen LogP contribution in [-0.2, 0) is 23.1 Å². The predicted octanol–water partition coefficient (Wildman–Crippen LogP) is 1.19. The van der Waals surface area contributed by atoms with Gasteiger partial charge in [-0.05, 0) is 19.1 Å². The van der Waals surface area contributed by atoms with E-state index in [9.17, 15) is 8.42 Å². The van der Waals surface area contributed by atoms with E-state index >= 15 is 0 Å². The summed E-state index contributed by atoms with van der Waals surface area (Å²) in [5, 5.41) is 8.92. The Morgan fingerprint density at radius 3 is 2.74 bits per heavy atom. The van der Waals surface area contributed by atoms with Crippen molar-refractivity contribution in [1.29, 1.82) is 0 Å². The Balaban J connectivity index is 2.03. The normalized spacial score (nSPS) is 11.9. The highest BCUT2D eigenvalue weighted by molar-refractivity contribution is 7.89. The molecule has 7 heteroatoms. The van der Waals surface area contributed by atoms with Gasteiger partial charge in [-0.2, -0.15) is 0 Å².